The summed E-state index contributed by atoms with van der Waals surface area (Å²) in [5.41, 5.74) is 0.228. The highest BCUT2D eigenvalue weighted by atomic mass is 79.9. The molecule has 1 rings (SSSR count). The van der Waals surface area contributed by atoms with Crippen molar-refractivity contribution in [2.24, 2.45) is 11.3 Å². The number of hydrogen-bond donors (Lipinski definition) is 0. The van der Waals surface area contributed by atoms with Crippen LogP contribution in [0.15, 0.2) is 24.3 Å². The van der Waals surface area contributed by atoms with E-state index in [4.69, 9.17) is 9.47 Å². The molecule has 17 heavy (non-hydrogen) atoms. The van der Waals surface area contributed by atoms with E-state index in [0.29, 0.717) is 12.5 Å². The SMILES string of the molecule is COc1ccccc1OCC(CBr)C(C)(C)C. The van der Waals surface area contributed by atoms with Crippen LogP contribution in [0.2, 0.25) is 0 Å². The van der Waals surface area contributed by atoms with E-state index < -0.39 is 0 Å². The first kappa shape index (κ1) is 14.4. The minimum atomic E-state index is 0.228. The Morgan fingerprint density at radius 2 is 1.76 bits per heavy atom. The van der Waals surface area contributed by atoms with E-state index in [-0.39, 0.29) is 5.41 Å². The second-order valence-electron chi connectivity index (χ2n) is 5.18. The first-order valence-electron chi connectivity index (χ1n) is 5.80. The fourth-order valence-electron chi connectivity index (χ4n) is 1.45. The molecule has 0 fully saturated rings. The monoisotopic (exact) mass is 300 g/mol. The van der Waals surface area contributed by atoms with E-state index in [1.807, 2.05) is 24.3 Å². The largest absolute Gasteiger partial charge is 0.493 e. The van der Waals surface area contributed by atoms with Gasteiger partial charge in [0.2, 0.25) is 0 Å². The topological polar surface area (TPSA) is 18.5 Å². The zero-order chi connectivity index (χ0) is 12.9. The minimum Gasteiger partial charge on any atom is -0.493 e. The number of hydrogen-bond acceptors (Lipinski definition) is 2. The van der Waals surface area contributed by atoms with Crippen LogP contribution in [0.3, 0.4) is 0 Å². The lowest BCUT2D eigenvalue weighted by Gasteiger charge is -2.29. The van der Waals surface area contributed by atoms with Gasteiger partial charge < -0.3 is 9.47 Å². The second-order valence-corrected chi connectivity index (χ2v) is 5.83. The number of benzene rings is 1. The second kappa shape index (κ2) is 6.29. The fraction of sp³-hybridized carbons (Fsp3) is 0.571. The van der Waals surface area contributed by atoms with Crippen molar-refractivity contribution in [2.45, 2.75) is 20.8 Å². The Bertz CT molecular complexity index is 344. The van der Waals surface area contributed by atoms with Gasteiger partial charge in [-0.3, -0.25) is 0 Å². The third-order valence-corrected chi connectivity index (χ3v) is 3.70. The van der Waals surface area contributed by atoms with Crippen LogP contribution in [0.5, 0.6) is 11.5 Å². The van der Waals surface area contributed by atoms with Crippen LogP contribution in [-0.4, -0.2) is 19.0 Å². The Balaban J connectivity index is 2.66. The summed E-state index contributed by atoms with van der Waals surface area (Å²) >= 11 is 3.55. The van der Waals surface area contributed by atoms with Gasteiger partial charge in [0.15, 0.2) is 11.5 Å². The number of para-hydroxylation sites is 2. The van der Waals surface area contributed by atoms with Crippen LogP contribution in [-0.2, 0) is 0 Å². The predicted octanol–water partition coefficient (Wildman–Crippen LogP) is 4.13. The number of alkyl halides is 1. The first-order valence-corrected chi connectivity index (χ1v) is 6.93. The molecule has 1 unspecified atom stereocenters. The highest BCUT2D eigenvalue weighted by Crippen LogP contribution is 2.31. The molecule has 1 aromatic carbocycles. The molecule has 0 aromatic heterocycles. The van der Waals surface area contributed by atoms with E-state index >= 15 is 0 Å². The molecule has 0 radical (unpaired) electrons. The van der Waals surface area contributed by atoms with E-state index in [0.717, 1.165) is 16.8 Å². The molecule has 0 saturated carbocycles. The standard InChI is InChI=1S/C14H21BrO2/c1-14(2,3)11(9-15)10-17-13-8-6-5-7-12(13)16-4/h5-8,11H,9-10H2,1-4H3. The summed E-state index contributed by atoms with van der Waals surface area (Å²) in [5.74, 6) is 2.06. The minimum absolute atomic E-state index is 0.228. The summed E-state index contributed by atoms with van der Waals surface area (Å²) < 4.78 is 11.1. The van der Waals surface area contributed by atoms with Gasteiger partial charge in [-0.05, 0) is 17.5 Å². The van der Waals surface area contributed by atoms with Gasteiger partial charge in [0.25, 0.3) is 0 Å². The van der Waals surface area contributed by atoms with Crippen LogP contribution in [0, 0.1) is 11.3 Å². The van der Waals surface area contributed by atoms with Gasteiger partial charge >= 0.3 is 0 Å². The Morgan fingerprint density at radius 3 is 2.24 bits per heavy atom. The molecule has 1 aromatic rings. The van der Waals surface area contributed by atoms with Gasteiger partial charge in [0, 0.05) is 11.2 Å². The highest BCUT2D eigenvalue weighted by Gasteiger charge is 2.24. The normalized spacial score (nSPS) is 13.2. The molecule has 96 valence electrons. The first-order chi connectivity index (χ1) is 7.99. The molecule has 1 atom stereocenters. The van der Waals surface area contributed by atoms with Gasteiger partial charge in [-0.25, -0.2) is 0 Å². The van der Waals surface area contributed by atoms with Crippen molar-refractivity contribution in [3.8, 4) is 11.5 Å². The molecule has 3 heteroatoms. The average molecular weight is 301 g/mol. The van der Waals surface area contributed by atoms with Gasteiger partial charge in [-0.15, -0.1) is 0 Å². The summed E-state index contributed by atoms with van der Waals surface area (Å²) in [6.45, 7) is 7.37. The number of rotatable bonds is 5. The maximum Gasteiger partial charge on any atom is 0.161 e. The maximum atomic E-state index is 5.85. The van der Waals surface area contributed by atoms with Crippen molar-refractivity contribution in [1.29, 1.82) is 0 Å². The third kappa shape index (κ3) is 4.23. The summed E-state index contributed by atoms with van der Waals surface area (Å²) in [6, 6.07) is 7.75. The molecule has 0 amide bonds. The lowest BCUT2D eigenvalue weighted by molar-refractivity contribution is 0.162. The quantitative estimate of drug-likeness (QED) is 0.761. The molecule has 0 aliphatic rings. The molecule has 0 bridgehead atoms. The number of ether oxygens (including phenoxy) is 2. The van der Waals surface area contributed by atoms with Crippen LogP contribution in [0.25, 0.3) is 0 Å². The number of methoxy groups -OCH3 is 1. The van der Waals surface area contributed by atoms with E-state index in [1.54, 1.807) is 7.11 Å². The van der Waals surface area contributed by atoms with Gasteiger partial charge in [0.1, 0.15) is 0 Å². The molecule has 0 heterocycles. The summed E-state index contributed by atoms with van der Waals surface area (Å²) in [7, 11) is 1.66. The summed E-state index contributed by atoms with van der Waals surface area (Å²) in [6.07, 6.45) is 0. The summed E-state index contributed by atoms with van der Waals surface area (Å²) in [4.78, 5) is 0. The molecule has 0 aliphatic heterocycles. The van der Waals surface area contributed by atoms with Crippen molar-refractivity contribution in [1.82, 2.24) is 0 Å². The molecule has 0 spiro atoms. The van der Waals surface area contributed by atoms with Crippen molar-refractivity contribution < 1.29 is 9.47 Å². The molecule has 0 aliphatic carbocycles. The lowest BCUT2D eigenvalue weighted by atomic mass is 9.83. The van der Waals surface area contributed by atoms with Crippen molar-refractivity contribution in [3.05, 3.63) is 24.3 Å². The molecule has 0 saturated heterocycles. The third-order valence-electron chi connectivity index (χ3n) is 2.92. The molecule has 0 N–H and O–H groups in total. The Labute approximate surface area is 112 Å². The highest BCUT2D eigenvalue weighted by molar-refractivity contribution is 9.09. The van der Waals surface area contributed by atoms with E-state index in [9.17, 15) is 0 Å². The Morgan fingerprint density at radius 1 is 1.18 bits per heavy atom. The van der Waals surface area contributed by atoms with Crippen LogP contribution < -0.4 is 9.47 Å². The van der Waals surface area contributed by atoms with Crippen LogP contribution in [0.4, 0.5) is 0 Å². The smallest absolute Gasteiger partial charge is 0.161 e. The summed E-state index contributed by atoms with van der Waals surface area (Å²) in [5, 5.41) is 0.936. The van der Waals surface area contributed by atoms with Gasteiger partial charge in [0.05, 0.1) is 13.7 Å². The lowest BCUT2D eigenvalue weighted by Crippen LogP contribution is -2.27. The molecular formula is C14H21BrO2. The predicted molar refractivity (Wildman–Crippen MR) is 75.2 cm³/mol. The van der Waals surface area contributed by atoms with E-state index in [1.165, 1.54) is 0 Å². The van der Waals surface area contributed by atoms with Gasteiger partial charge in [-0.1, -0.05) is 48.8 Å². The zero-order valence-corrected chi connectivity index (χ0v) is 12.6. The Kier molecular flexibility index (Phi) is 5.31. The van der Waals surface area contributed by atoms with Gasteiger partial charge in [-0.2, -0.15) is 0 Å². The fourth-order valence-corrected chi connectivity index (χ4v) is 2.61. The average Bonchev–Trinajstić information content (AvgIpc) is 2.28. The number of halogens is 1. The van der Waals surface area contributed by atoms with Crippen molar-refractivity contribution in [2.75, 3.05) is 19.0 Å². The van der Waals surface area contributed by atoms with Crippen LogP contribution in [0.1, 0.15) is 20.8 Å². The molecule has 2 nitrogen and oxygen atoms in total. The molecular weight excluding hydrogens is 280 g/mol. The van der Waals surface area contributed by atoms with Crippen molar-refractivity contribution in [3.63, 3.8) is 0 Å². The Hall–Kier alpha value is -0.700. The maximum absolute atomic E-state index is 5.85. The van der Waals surface area contributed by atoms with Crippen LogP contribution >= 0.6 is 15.9 Å². The van der Waals surface area contributed by atoms with Crippen molar-refractivity contribution >= 4 is 15.9 Å². The van der Waals surface area contributed by atoms with E-state index in [2.05, 4.69) is 36.7 Å². The zero-order valence-electron chi connectivity index (χ0n) is 11.0.